The van der Waals surface area contributed by atoms with Crippen LogP contribution in [-0.4, -0.2) is 36.3 Å². The fourth-order valence-electron chi connectivity index (χ4n) is 2.63. The van der Waals surface area contributed by atoms with E-state index in [1.54, 1.807) is 7.11 Å². The second kappa shape index (κ2) is 6.19. The molecule has 0 N–H and O–H groups in total. The molecule has 1 saturated heterocycles. The lowest BCUT2D eigenvalue weighted by Gasteiger charge is -2.32. The van der Waals surface area contributed by atoms with Gasteiger partial charge in [0, 0.05) is 20.2 Å². The molecule has 124 valence electrons. The molecule has 2 aromatic heterocycles. The van der Waals surface area contributed by atoms with Crippen molar-refractivity contribution >= 4 is 5.82 Å². The summed E-state index contributed by atoms with van der Waals surface area (Å²) in [6.45, 7) is 1.20. The van der Waals surface area contributed by atoms with E-state index in [4.69, 9.17) is 9.15 Å². The van der Waals surface area contributed by atoms with E-state index in [1.165, 1.54) is 12.6 Å². The lowest BCUT2D eigenvalue weighted by molar-refractivity contribution is -0.137. The van der Waals surface area contributed by atoms with Gasteiger partial charge in [0.15, 0.2) is 12.2 Å². The Morgan fingerprint density at radius 1 is 1.26 bits per heavy atom. The molecule has 5 nitrogen and oxygen atoms in total. The maximum Gasteiger partial charge on any atom is 0.416 e. The zero-order valence-electron chi connectivity index (χ0n) is 12.5. The van der Waals surface area contributed by atoms with Gasteiger partial charge < -0.3 is 14.1 Å². The highest BCUT2D eigenvalue weighted by Gasteiger charge is 2.33. The molecular formula is C15H16F3N3O2. The predicted molar refractivity (Wildman–Crippen MR) is 77.0 cm³/mol. The van der Waals surface area contributed by atoms with Gasteiger partial charge in [0.1, 0.15) is 11.5 Å². The summed E-state index contributed by atoms with van der Waals surface area (Å²) >= 11 is 0. The number of halogens is 3. The Bertz CT molecular complexity index is 650. The first kappa shape index (κ1) is 15.8. The van der Waals surface area contributed by atoms with Crippen LogP contribution in [0.2, 0.25) is 0 Å². The van der Waals surface area contributed by atoms with Crippen molar-refractivity contribution in [1.29, 1.82) is 0 Å². The molecule has 1 aliphatic rings. The van der Waals surface area contributed by atoms with Crippen LogP contribution in [0.25, 0.3) is 11.5 Å². The van der Waals surface area contributed by atoms with Crippen LogP contribution in [0.3, 0.4) is 0 Å². The lowest BCUT2D eigenvalue weighted by atomic mass is 10.1. The average molecular weight is 327 g/mol. The summed E-state index contributed by atoms with van der Waals surface area (Å²) in [5, 5.41) is 0. The van der Waals surface area contributed by atoms with E-state index in [-0.39, 0.29) is 17.6 Å². The lowest BCUT2D eigenvalue weighted by Crippen LogP contribution is -2.37. The number of aromatic nitrogens is 2. The van der Waals surface area contributed by atoms with Gasteiger partial charge in [0.25, 0.3) is 0 Å². The van der Waals surface area contributed by atoms with Crippen molar-refractivity contribution < 1.29 is 22.3 Å². The molecule has 0 aliphatic carbocycles. The monoisotopic (exact) mass is 327 g/mol. The van der Waals surface area contributed by atoms with E-state index in [0.717, 1.165) is 25.0 Å². The molecule has 23 heavy (non-hydrogen) atoms. The van der Waals surface area contributed by atoms with Crippen molar-refractivity contribution in [2.45, 2.75) is 25.1 Å². The van der Waals surface area contributed by atoms with Gasteiger partial charge in [-0.05, 0) is 25.0 Å². The number of hydrogen-bond donors (Lipinski definition) is 0. The number of rotatable bonds is 3. The van der Waals surface area contributed by atoms with Gasteiger partial charge in [-0.15, -0.1) is 0 Å². The van der Waals surface area contributed by atoms with Crippen molar-refractivity contribution in [2.75, 3.05) is 25.1 Å². The second-order valence-electron chi connectivity index (χ2n) is 5.38. The van der Waals surface area contributed by atoms with Crippen molar-refractivity contribution in [3.63, 3.8) is 0 Å². The number of oxazole rings is 1. The number of nitrogens with zero attached hydrogens (tertiary/aromatic N) is 3. The first-order chi connectivity index (χ1) is 11.0. The normalized spacial score (nSPS) is 16.8. The third kappa shape index (κ3) is 3.47. The number of anilines is 1. The van der Waals surface area contributed by atoms with Gasteiger partial charge >= 0.3 is 6.18 Å². The molecule has 0 bridgehead atoms. The second-order valence-corrected chi connectivity index (χ2v) is 5.38. The number of methoxy groups -OCH3 is 1. The minimum Gasteiger partial charge on any atom is -0.442 e. The summed E-state index contributed by atoms with van der Waals surface area (Å²) in [6, 6.07) is 2.05. The van der Waals surface area contributed by atoms with Crippen LogP contribution in [0.1, 0.15) is 18.4 Å². The quantitative estimate of drug-likeness (QED) is 0.865. The molecule has 8 heteroatoms. The average Bonchev–Trinajstić information content (AvgIpc) is 3.08. The summed E-state index contributed by atoms with van der Waals surface area (Å²) in [5.41, 5.74) is -0.621. The largest absolute Gasteiger partial charge is 0.442 e. The third-order valence-corrected chi connectivity index (χ3v) is 3.92. The Morgan fingerprint density at radius 2 is 2.00 bits per heavy atom. The van der Waals surface area contributed by atoms with Gasteiger partial charge in [-0.25, -0.2) is 9.97 Å². The Morgan fingerprint density at radius 3 is 2.57 bits per heavy atom. The van der Waals surface area contributed by atoms with E-state index < -0.39 is 11.7 Å². The molecule has 0 atom stereocenters. The number of ether oxygens (including phenoxy) is 1. The maximum atomic E-state index is 13.2. The summed E-state index contributed by atoms with van der Waals surface area (Å²) < 4.78 is 49.9. The Kier molecular flexibility index (Phi) is 4.25. The molecular weight excluding hydrogens is 311 g/mol. The molecule has 2 aromatic rings. The Labute approximate surface area is 131 Å². The van der Waals surface area contributed by atoms with Crippen LogP contribution in [-0.2, 0) is 10.9 Å². The van der Waals surface area contributed by atoms with Crippen LogP contribution in [0, 0.1) is 0 Å². The van der Waals surface area contributed by atoms with Crippen molar-refractivity contribution in [1.82, 2.24) is 9.97 Å². The van der Waals surface area contributed by atoms with E-state index in [2.05, 4.69) is 9.97 Å². The number of hydrogen-bond acceptors (Lipinski definition) is 5. The fourth-order valence-corrected chi connectivity index (χ4v) is 2.63. The molecule has 1 fully saturated rings. The van der Waals surface area contributed by atoms with E-state index in [9.17, 15) is 13.2 Å². The zero-order chi connectivity index (χ0) is 16.4. The molecule has 0 unspecified atom stereocenters. The molecule has 3 heterocycles. The van der Waals surface area contributed by atoms with Crippen LogP contribution in [0.4, 0.5) is 19.0 Å². The topological polar surface area (TPSA) is 51.4 Å². The van der Waals surface area contributed by atoms with Crippen molar-refractivity contribution in [3.8, 4) is 11.5 Å². The summed E-state index contributed by atoms with van der Waals surface area (Å²) in [5.74, 6) is 0.505. The smallest absolute Gasteiger partial charge is 0.416 e. The molecule has 0 radical (unpaired) electrons. The predicted octanol–water partition coefficient (Wildman–Crippen LogP) is 3.37. The molecule has 0 saturated carbocycles. The van der Waals surface area contributed by atoms with Crippen LogP contribution in [0.5, 0.6) is 0 Å². The van der Waals surface area contributed by atoms with Crippen LogP contribution in [0.15, 0.2) is 29.1 Å². The van der Waals surface area contributed by atoms with E-state index >= 15 is 0 Å². The third-order valence-electron chi connectivity index (χ3n) is 3.92. The number of alkyl halides is 3. The molecule has 0 amide bonds. The number of pyridine rings is 1. The van der Waals surface area contributed by atoms with Crippen molar-refractivity contribution in [3.05, 3.63) is 30.3 Å². The van der Waals surface area contributed by atoms with Gasteiger partial charge in [0.05, 0.1) is 17.9 Å². The van der Waals surface area contributed by atoms with Gasteiger partial charge in [-0.3, -0.25) is 0 Å². The van der Waals surface area contributed by atoms with Crippen molar-refractivity contribution in [2.24, 2.45) is 0 Å². The molecule has 3 rings (SSSR count). The minimum atomic E-state index is -4.45. The highest BCUT2D eigenvalue weighted by Crippen LogP contribution is 2.34. The van der Waals surface area contributed by atoms with Gasteiger partial charge in [-0.1, -0.05) is 0 Å². The fraction of sp³-hybridized carbons (Fsp3) is 0.467. The summed E-state index contributed by atoms with van der Waals surface area (Å²) in [4.78, 5) is 9.89. The van der Waals surface area contributed by atoms with E-state index in [0.29, 0.717) is 18.9 Å². The van der Waals surface area contributed by atoms with Gasteiger partial charge in [0.2, 0.25) is 0 Å². The highest BCUT2D eigenvalue weighted by atomic mass is 19.4. The van der Waals surface area contributed by atoms with E-state index in [1.807, 2.05) is 4.90 Å². The Balaban J connectivity index is 1.95. The summed E-state index contributed by atoms with van der Waals surface area (Å²) in [7, 11) is 1.64. The SMILES string of the molecule is COC1CCN(c2cc(C(F)(F)F)cc(-c3cnco3)n2)CC1. The molecule has 1 aliphatic heterocycles. The molecule has 0 aromatic carbocycles. The first-order valence-corrected chi connectivity index (χ1v) is 7.23. The number of piperidine rings is 1. The Hall–Kier alpha value is -2.09. The zero-order valence-corrected chi connectivity index (χ0v) is 12.5. The van der Waals surface area contributed by atoms with Crippen LogP contribution < -0.4 is 4.90 Å². The summed E-state index contributed by atoms with van der Waals surface area (Å²) in [6.07, 6.45) is -0.273. The van der Waals surface area contributed by atoms with Crippen LogP contribution >= 0.6 is 0 Å². The first-order valence-electron chi connectivity index (χ1n) is 7.23. The standard InChI is InChI=1S/C15H16F3N3O2/c1-22-11-2-4-21(5-3-11)14-7-10(15(16,17)18)6-12(20-14)13-8-19-9-23-13/h6-9,11H,2-5H2,1H3. The van der Waals surface area contributed by atoms with Gasteiger partial charge in [-0.2, -0.15) is 13.2 Å². The maximum absolute atomic E-state index is 13.2. The molecule has 0 spiro atoms. The highest BCUT2D eigenvalue weighted by molar-refractivity contribution is 5.58. The minimum absolute atomic E-state index is 0.126.